The Bertz CT molecular complexity index is 947. The fraction of sp³-hybridized carbons (Fsp3) is 0.400. The minimum Gasteiger partial charge on any atom is -0.358 e. The van der Waals surface area contributed by atoms with E-state index in [2.05, 4.69) is 53.7 Å². The predicted molar refractivity (Wildman–Crippen MR) is 126 cm³/mol. The van der Waals surface area contributed by atoms with Gasteiger partial charge >= 0.3 is 0 Å². The van der Waals surface area contributed by atoms with E-state index in [1.54, 1.807) is 0 Å². The van der Waals surface area contributed by atoms with Crippen LogP contribution in [0.5, 0.6) is 0 Å². The van der Waals surface area contributed by atoms with E-state index >= 15 is 0 Å². The van der Waals surface area contributed by atoms with Gasteiger partial charge in [0.25, 0.3) is 0 Å². The monoisotopic (exact) mass is 425 g/mol. The molecule has 2 aromatic carbocycles. The molecule has 0 aliphatic rings. The molecular weight excluding hydrogens is 394 g/mol. The van der Waals surface area contributed by atoms with Gasteiger partial charge in [0.2, 0.25) is 5.91 Å². The Hall–Kier alpha value is -2.30. The summed E-state index contributed by atoms with van der Waals surface area (Å²) >= 11 is 5.87. The van der Waals surface area contributed by atoms with Crippen molar-refractivity contribution < 1.29 is 4.79 Å². The second kappa shape index (κ2) is 11.2. The van der Waals surface area contributed by atoms with E-state index in [0.717, 1.165) is 37.9 Å². The number of halogens is 1. The molecule has 30 heavy (non-hydrogen) atoms. The molecule has 0 unspecified atom stereocenters. The van der Waals surface area contributed by atoms with Crippen LogP contribution in [0, 0.1) is 0 Å². The van der Waals surface area contributed by atoms with E-state index in [4.69, 9.17) is 11.6 Å². The lowest BCUT2D eigenvalue weighted by Crippen LogP contribution is -2.22. The van der Waals surface area contributed by atoms with Crippen molar-refractivity contribution in [2.75, 3.05) is 6.54 Å². The second-order valence-corrected chi connectivity index (χ2v) is 8.58. The number of hydrogen-bond acceptors (Lipinski definition) is 2. The van der Waals surface area contributed by atoms with E-state index in [1.165, 1.54) is 22.2 Å². The highest BCUT2D eigenvalue weighted by Gasteiger charge is 2.07. The first-order valence-corrected chi connectivity index (χ1v) is 11.2. The number of carbonyl (C=O) groups excluding carboxylic acids is 1. The Morgan fingerprint density at radius 3 is 2.60 bits per heavy atom. The van der Waals surface area contributed by atoms with Gasteiger partial charge in [0, 0.05) is 41.1 Å². The van der Waals surface area contributed by atoms with E-state index in [0.29, 0.717) is 23.9 Å². The summed E-state index contributed by atoms with van der Waals surface area (Å²) in [5, 5.41) is 8.54. The number of unbranched alkanes of at least 4 members (excludes halogenated alkanes) is 2. The van der Waals surface area contributed by atoms with Crippen molar-refractivity contribution in [2.24, 2.45) is 0 Å². The molecule has 0 spiro atoms. The number of fused-ring (bicyclic) bond motifs is 1. The molecule has 0 bridgehead atoms. The third-order valence-electron chi connectivity index (χ3n) is 5.37. The van der Waals surface area contributed by atoms with Crippen molar-refractivity contribution in [3.05, 3.63) is 70.4 Å². The standard InChI is InChI=1S/C25H32ClN3O/c1-18(2)24-15-22-20(7-6-8-23(22)29-24)17-27-14-5-3-4-9-25(30)28-16-19-10-12-21(26)13-11-19/h6-8,10-13,15,18,27,29H,3-5,9,14,16-17H2,1-2H3,(H,28,30). The molecule has 0 aliphatic heterocycles. The van der Waals surface area contributed by atoms with Gasteiger partial charge in [0.1, 0.15) is 0 Å². The molecule has 0 radical (unpaired) electrons. The number of hydrogen-bond donors (Lipinski definition) is 3. The Labute approximate surface area is 184 Å². The Kier molecular flexibility index (Phi) is 8.35. The van der Waals surface area contributed by atoms with Gasteiger partial charge in [0.05, 0.1) is 0 Å². The van der Waals surface area contributed by atoms with Crippen molar-refractivity contribution in [1.29, 1.82) is 0 Å². The summed E-state index contributed by atoms with van der Waals surface area (Å²) in [6, 6.07) is 16.3. The van der Waals surface area contributed by atoms with Gasteiger partial charge in [-0.15, -0.1) is 0 Å². The van der Waals surface area contributed by atoms with Crippen molar-refractivity contribution in [3.8, 4) is 0 Å². The second-order valence-electron chi connectivity index (χ2n) is 8.15. The van der Waals surface area contributed by atoms with Crippen molar-refractivity contribution in [2.45, 2.75) is 58.5 Å². The average molecular weight is 426 g/mol. The summed E-state index contributed by atoms with van der Waals surface area (Å²) < 4.78 is 0. The van der Waals surface area contributed by atoms with Crippen LogP contribution in [0.3, 0.4) is 0 Å². The summed E-state index contributed by atoms with van der Waals surface area (Å²) in [6.07, 6.45) is 3.62. The third kappa shape index (κ3) is 6.61. The number of H-pyrrole nitrogens is 1. The third-order valence-corrected chi connectivity index (χ3v) is 5.63. The highest BCUT2D eigenvalue weighted by molar-refractivity contribution is 6.30. The van der Waals surface area contributed by atoms with Crippen molar-refractivity contribution >= 4 is 28.4 Å². The Morgan fingerprint density at radius 2 is 1.83 bits per heavy atom. The van der Waals surface area contributed by atoms with Crippen LogP contribution in [0.15, 0.2) is 48.5 Å². The SMILES string of the molecule is CC(C)c1cc2c(CNCCCCCC(=O)NCc3ccc(Cl)cc3)cccc2[nH]1. The number of aromatic nitrogens is 1. The smallest absolute Gasteiger partial charge is 0.220 e. The van der Waals surface area contributed by atoms with Gasteiger partial charge in [-0.3, -0.25) is 4.79 Å². The number of amides is 1. The van der Waals surface area contributed by atoms with Gasteiger partial charge in [-0.05, 0) is 60.7 Å². The van der Waals surface area contributed by atoms with Crippen molar-refractivity contribution in [3.63, 3.8) is 0 Å². The number of benzene rings is 2. The molecule has 0 saturated heterocycles. The summed E-state index contributed by atoms with van der Waals surface area (Å²) in [7, 11) is 0. The van der Waals surface area contributed by atoms with E-state index in [-0.39, 0.29) is 5.91 Å². The maximum absolute atomic E-state index is 12.0. The van der Waals surface area contributed by atoms with Crippen LogP contribution in [0.4, 0.5) is 0 Å². The zero-order valence-electron chi connectivity index (χ0n) is 17.9. The molecule has 3 aromatic rings. The molecule has 0 atom stereocenters. The number of aromatic amines is 1. The highest BCUT2D eigenvalue weighted by Crippen LogP contribution is 2.24. The zero-order chi connectivity index (χ0) is 21.3. The highest BCUT2D eigenvalue weighted by atomic mass is 35.5. The summed E-state index contributed by atoms with van der Waals surface area (Å²) in [5.41, 5.74) is 4.89. The number of rotatable bonds is 11. The molecule has 0 saturated carbocycles. The average Bonchev–Trinajstić information content (AvgIpc) is 3.18. The Balaban J connectivity index is 1.30. The van der Waals surface area contributed by atoms with E-state index < -0.39 is 0 Å². The van der Waals surface area contributed by atoms with E-state index in [9.17, 15) is 4.79 Å². The quantitative estimate of drug-likeness (QED) is 0.334. The van der Waals surface area contributed by atoms with Gasteiger partial charge in [-0.1, -0.05) is 56.1 Å². The molecular formula is C25H32ClN3O. The van der Waals surface area contributed by atoms with Crippen molar-refractivity contribution in [1.82, 2.24) is 15.6 Å². The van der Waals surface area contributed by atoms with Gasteiger partial charge in [0.15, 0.2) is 0 Å². The lowest BCUT2D eigenvalue weighted by atomic mass is 10.1. The molecule has 0 aliphatic carbocycles. The van der Waals surface area contributed by atoms with Crippen LogP contribution >= 0.6 is 11.6 Å². The first kappa shape index (κ1) is 22.4. The van der Waals surface area contributed by atoms with Crippen LogP contribution in [0.1, 0.15) is 62.3 Å². The van der Waals surface area contributed by atoms with Gasteiger partial charge < -0.3 is 15.6 Å². The first-order valence-electron chi connectivity index (χ1n) is 10.9. The topological polar surface area (TPSA) is 56.9 Å². The molecule has 3 rings (SSSR count). The fourth-order valence-corrected chi connectivity index (χ4v) is 3.66. The van der Waals surface area contributed by atoms with Crippen LogP contribution in [0.25, 0.3) is 10.9 Å². The molecule has 3 N–H and O–H groups in total. The molecule has 5 heteroatoms. The maximum atomic E-state index is 12.0. The zero-order valence-corrected chi connectivity index (χ0v) is 18.7. The van der Waals surface area contributed by atoms with Crippen LogP contribution in [-0.4, -0.2) is 17.4 Å². The molecule has 4 nitrogen and oxygen atoms in total. The van der Waals surface area contributed by atoms with Gasteiger partial charge in [-0.2, -0.15) is 0 Å². The summed E-state index contributed by atoms with van der Waals surface area (Å²) in [6.45, 7) is 6.81. The first-order chi connectivity index (χ1) is 14.5. The molecule has 160 valence electrons. The predicted octanol–water partition coefficient (Wildman–Crippen LogP) is 5.91. The summed E-state index contributed by atoms with van der Waals surface area (Å²) in [4.78, 5) is 15.5. The fourth-order valence-electron chi connectivity index (χ4n) is 3.53. The summed E-state index contributed by atoms with van der Waals surface area (Å²) in [5.74, 6) is 0.611. The van der Waals surface area contributed by atoms with E-state index in [1.807, 2.05) is 24.3 Å². The van der Waals surface area contributed by atoms with Crippen LogP contribution in [0.2, 0.25) is 5.02 Å². The number of nitrogens with one attached hydrogen (secondary N) is 3. The largest absolute Gasteiger partial charge is 0.358 e. The number of carbonyl (C=O) groups is 1. The molecule has 1 heterocycles. The Morgan fingerprint density at radius 1 is 1.03 bits per heavy atom. The minimum atomic E-state index is 0.109. The molecule has 1 amide bonds. The van der Waals surface area contributed by atoms with Crippen LogP contribution in [-0.2, 0) is 17.9 Å². The lowest BCUT2D eigenvalue weighted by molar-refractivity contribution is -0.121. The lowest BCUT2D eigenvalue weighted by Gasteiger charge is -2.07. The minimum absolute atomic E-state index is 0.109. The normalized spacial score (nSPS) is 11.3. The maximum Gasteiger partial charge on any atom is 0.220 e. The molecule has 1 aromatic heterocycles. The van der Waals surface area contributed by atoms with Gasteiger partial charge in [-0.25, -0.2) is 0 Å². The molecule has 0 fully saturated rings. The van der Waals surface area contributed by atoms with Crippen LogP contribution < -0.4 is 10.6 Å².